The minimum absolute atomic E-state index is 0.124. The van der Waals surface area contributed by atoms with E-state index >= 15 is 0 Å². The lowest BCUT2D eigenvalue weighted by molar-refractivity contribution is -0.121. The van der Waals surface area contributed by atoms with E-state index in [4.69, 9.17) is 44.3 Å². The first-order valence-electron chi connectivity index (χ1n) is 8.66. The Kier molecular flexibility index (Phi) is 9.83. The summed E-state index contributed by atoms with van der Waals surface area (Å²) in [6.45, 7) is 7.09. The van der Waals surface area contributed by atoms with Gasteiger partial charge in [-0.3, -0.25) is 4.79 Å². The zero-order chi connectivity index (χ0) is 21.5. The van der Waals surface area contributed by atoms with Crippen molar-refractivity contribution in [3.8, 4) is 0 Å². The molecule has 0 saturated heterocycles. The molecule has 1 aromatic rings. The number of hydrogen-bond donors (Lipinski definition) is 2. The molecule has 0 unspecified atom stereocenters. The standard InChI is InChI=1S/C17H23Cl3N2O5S/c1-5-8-10(23)21-16(17(18,19)20)22-13-11(14(24)26-6-2)9(4)12(28-13)15(25)27-7-3/h16,22H,5-8H2,1-4H3,(H,21,23)/t16-/m1/s1. The number of ether oxygens (including phenoxy) is 2. The molecule has 0 radical (unpaired) electrons. The second kappa shape index (κ2) is 11.1. The van der Waals surface area contributed by atoms with Crippen molar-refractivity contribution in [1.29, 1.82) is 0 Å². The van der Waals surface area contributed by atoms with Crippen molar-refractivity contribution in [2.45, 2.75) is 50.5 Å². The number of nitrogens with one attached hydrogen (secondary N) is 2. The van der Waals surface area contributed by atoms with Gasteiger partial charge in [-0.05, 0) is 32.8 Å². The maximum Gasteiger partial charge on any atom is 0.348 e. The molecule has 1 aromatic heterocycles. The van der Waals surface area contributed by atoms with Crippen LogP contribution in [0.2, 0.25) is 0 Å². The van der Waals surface area contributed by atoms with Gasteiger partial charge in [-0.1, -0.05) is 41.7 Å². The zero-order valence-electron chi connectivity index (χ0n) is 16.0. The lowest BCUT2D eigenvalue weighted by Crippen LogP contribution is -2.49. The van der Waals surface area contributed by atoms with Crippen LogP contribution in [0.3, 0.4) is 0 Å². The highest BCUT2D eigenvalue weighted by atomic mass is 35.6. The molecular formula is C17H23Cl3N2O5S. The van der Waals surface area contributed by atoms with Gasteiger partial charge in [-0.15, -0.1) is 11.3 Å². The summed E-state index contributed by atoms with van der Waals surface area (Å²) in [5.41, 5.74) is 0.506. The lowest BCUT2D eigenvalue weighted by atomic mass is 10.1. The summed E-state index contributed by atoms with van der Waals surface area (Å²) in [6, 6.07) is 0. The molecule has 0 fully saturated rings. The van der Waals surface area contributed by atoms with E-state index in [1.165, 1.54) is 0 Å². The van der Waals surface area contributed by atoms with Crippen molar-refractivity contribution in [3.63, 3.8) is 0 Å². The summed E-state index contributed by atoms with van der Waals surface area (Å²) in [5.74, 6) is -1.55. The minimum atomic E-state index is -1.92. The van der Waals surface area contributed by atoms with Crippen LogP contribution in [0.25, 0.3) is 0 Å². The molecule has 158 valence electrons. The molecule has 0 aliphatic carbocycles. The molecule has 0 aromatic carbocycles. The number of amides is 1. The summed E-state index contributed by atoms with van der Waals surface area (Å²) in [4.78, 5) is 36.9. The minimum Gasteiger partial charge on any atom is -0.462 e. The molecule has 1 rings (SSSR count). The van der Waals surface area contributed by atoms with Crippen LogP contribution < -0.4 is 10.6 Å². The highest BCUT2D eigenvalue weighted by Crippen LogP contribution is 2.38. The predicted molar refractivity (Wildman–Crippen MR) is 112 cm³/mol. The molecular weight excluding hydrogens is 451 g/mol. The Labute approximate surface area is 183 Å². The lowest BCUT2D eigenvalue weighted by Gasteiger charge is -2.27. The number of hydrogen-bond acceptors (Lipinski definition) is 7. The second-order valence-electron chi connectivity index (χ2n) is 5.64. The van der Waals surface area contributed by atoms with Crippen LogP contribution in [0.1, 0.15) is 59.2 Å². The number of halogens is 3. The van der Waals surface area contributed by atoms with Gasteiger partial charge in [-0.25, -0.2) is 9.59 Å². The Morgan fingerprint density at radius 1 is 1.07 bits per heavy atom. The highest BCUT2D eigenvalue weighted by molar-refractivity contribution is 7.18. The maximum absolute atomic E-state index is 12.4. The van der Waals surface area contributed by atoms with E-state index in [2.05, 4.69) is 10.6 Å². The molecule has 2 N–H and O–H groups in total. The van der Waals surface area contributed by atoms with Crippen LogP contribution >= 0.6 is 46.1 Å². The second-order valence-corrected chi connectivity index (χ2v) is 9.03. The Bertz CT molecular complexity index is 718. The normalized spacial score (nSPS) is 12.2. The van der Waals surface area contributed by atoms with Crippen LogP contribution in [0.4, 0.5) is 5.00 Å². The molecule has 1 amide bonds. The number of alkyl halides is 3. The van der Waals surface area contributed by atoms with Gasteiger partial charge in [0.15, 0.2) is 0 Å². The summed E-state index contributed by atoms with van der Waals surface area (Å²) in [6.07, 6.45) is -0.295. The molecule has 7 nitrogen and oxygen atoms in total. The molecule has 1 atom stereocenters. The first-order chi connectivity index (χ1) is 13.1. The van der Waals surface area contributed by atoms with Gasteiger partial charge in [0.05, 0.1) is 18.8 Å². The number of carbonyl (C=O) groups is 3. The van der Waals surface area contributed by atoms with E-state index in [1.807, 2.05) is 6.92 Å². The molecule has 0 bridgehead atoms. The Hall–Kier alpha value is -1.22. The molecule has 1 heterocycles. The molecule has 28 heavy (non-hydrogen) atoms. The van der Waals surface area contributed by atoms with Crippen LogP contribution in [0.15, 0.2) is 0 Å². The van der Waals surface area contributed by atoms with Gasteiger partial charge in [-0.2, -0.15) is 0 Å². The van der Waals surface area contributed by atoms with Crippen LogP contribution in [-0.4, -0.2) is 41.0 Å². The van der Waals surface area contributed by atoms with E-state index in [-0.39, 0.29) is 41.0 Å². The third kappa shape index (κ3) is 6.69. The average Bonchev–Trinajstić information content (AvgIpc) is 2.90. The summed E-state index contributed by atoms with van der Waals surface area (Å²) < 4.78 is 8.19. The van der Waals surface area contributed by atoms with E-state index in [0.29, 0.717) is 12.0 Å². The number of esters is 2. The largest absolute Gasteiger partial charge is 0.462 e. The SMILES string of the molecule is CCCC(=O)N[C@H](Nc1sc(C(=O)OCC)c(C)c1C(=O)OCC)C(Cl)(Cl)Cl. The first kappa shape index (κ1) is 24.8. The Morgan fingerprint density at radius 2 is 1.64 bits per heavy atom. The highest BCUT2D eigenvalue weighted by Gasteiger charge is 2.36. The van der Waals surface area contributed by atoms with Gasteiger partial charge in [0.1, 0.15) is 16.0 Å². The Morgan fingerprint density at radius 3 is 2.14 bits per heavy atom. The average molecular weight is 474 g/mol. The van der Waals surface area contributed by atoms with Gasteiger partial charge in [0.2, 0.25) is 9.70 Å². The van der Waals surface area contributed by atoms with Gasteiger partial charge in [0, 0.05) is 6.42 Å². The van der Waals surface area contributed by atoms with Crippen LogP contribution in [-0.2, 0) is 14.3 Å². The number of carbonyl (C=O) groups excluding carboxylic acids is 3. The van der Waals surface area contributed by atoms with Gasteiger partial charge < -0.3 is 20.1 Å². The molecule has 0 aliphatic rings. The fraction of sp³-hybridized carbons (Fsp3) is 0.588. The smallest absolute Gasteiger partial charge is 0.348 e. The van der Waals surface area contributed by atoms with E-state index in [1.54, 1.807) is 20.8 Å². The van der Waals surface area contributed by atoms with Crippen molar-refractivity contribution in [3.05, 3.63) is 16.0 Å². The quantitative estimate of drug-likeness (QED) is 0.313. The fourth-order valence-corrected chi connectivity index (χ4v) is 3.69. The van der Waals surface area contributed by atoms with E-state index in [9.17, 15) is 14.4 Å². The number of rotatable bonds is 9. The van der Waals surface area contributed by atoms with Crippen LogP contribution in [0, 0.1) is 6.92 Å². The summed E-state index contributed by atoms with van der Waals surface area (Å²) >= 11 is 18.9. The third-order valence-electron chi connectivity index (χ3n) is 3.47. The zero-order valence-corrected chi connectivity index (χ0v) is 19.1. The van der Waals surface area contributed by atoms with E-state index in [0.717, 1.165) is 11.3 Å². The van der Waals surface area contributed by atoms with Crippen molar-refractivity contribution < 1.29 is 23.9 Å². The maximum atomic E-state index is 12.4. The first-order valence-corrected chi connectivity index (χ1v) is 10.6. The van der Waals surface area contributed by atoms with Gasteiger partial charge in [0.25, 0.3) is 0 Å². The van der Waals surface area contributed by atoms with Gasteiger partial charge >= 0.3 is 11.9 Å². The topological polar surface area (TPSA) is 93.7 Å². The third-order valence-corrected chi connectivity index (χ3v) is 5.33. The monoisotopic (exact) mass is 472 g/mol. The number of anilines is 1. The van der Waals surface area contributed by atoms with Crippen molar-refractivity contribution in [2.75, 3.05) is 18.5 Å². The summed E-state index contributed by atoms with van der Waals surface area (Å²) in [5, 5.41) is 5.67. The molecule has 0 spiro atoms. The van der Waals surface area contributed by atoms with Crippen molar-refractivity contribution in [1.82, 2.24) is 5.32 Å². The van der Waals surface area contributed by atoms with Crippen LogP contribution in [0.5, 0.6) is 0 Å². The molecule has 0 saturated carbocycles. The van der Waals surface area contributed by atoms with E-state index < -0.39 is 21.9 Å². The van der Waals surface area contributed by atoms with Crippen molar-refractivity contribution in [2.24, 2.45) is 0 Å². The summed E-state index contributed by atoms with van der Waals surface area (Å²) in [7, 11) is 0. The molecule has 0 aliphatic heterocycles. The fourth-order valence-electron chi connectivity index (χ4n) is 2.25. The number of thiophene rings is 1. The van der Waals surface area contributed by atoms with Crippen molar-refractivity contribution >= 4 is 69.0 Å². The Balaban J connectivity index is 3.34. The predicted octanol–water partition coefficient (Wildman–Crippen LogP) is 4.43. The molecule has 11 heteroatoms.